The molecule has 2 aromatic carbocycles. The first-order chi connectivity index (χ1) is 11.6. The van der Waals surface area contributed by atoms with E-state index in [4.69, 9.17) is 9.15 Å². The third-order valence-corrected chi connectivity index (χ3v) is 4.93. The summed E-state index contributed by atoms with van der Waals surface area (Å²) in [5.41, 5.74) is 2.04. The van der Waals surface area contributed by atoms with Crippen LogP contribution in [0.3, 0.4) is 0 Å². The lowest BCUT2D eigenvalue weighted by Crippen LogP contribution is -1.89. The summed E-state index contributed by atoms with van der Waals surface area (Å²) in [4.78, 5) is 0. The Kier molecular flexibility index (Phi) is 5.52. The van der Waals surface area contributed by atoms with Crippen molar-refractivity contribution in [3.8, 4) is 5.75 Å². The van der Waals surface area contributed by atoms with Crippen molar-refractivity contribution < 1.29 is 13.5 Å². The molecule has 0 N–H and O–H groups in total. The predicted octanol–water partition coefficient (Wildman–Crippen LogP) is 4.86. The number of thioether (sulfide) groups is 1. The van der Waals surface area contributed by atoms with Gasteiger partial charge < -0.3 is 9.15 Å². The minimum absolute atomic E-state index is 0.268. The van der Waals surface area contributed by atoms with Gasteiger partial charge in [0.15, 0.2) is 0 Å². The molecule has 0 bridgehead atoms. The van der Waals surface area contributed by atoms with Crippen LogP contribution in [0.5, 0.6) is 5.75 Å². The Morgan fingerprint density at radius 2 is 1.96 bits per heavy atom. The second-order valence-electron chi connectivity index (χ2n) is 5.01. The van der Waals surface area contributed by atoms with Crippen LogP contribution in [0.4, 0.5) is 4.39 Å². The van der Waals surface area contributed by atoms with Crippen molar-refractivity contribution in [3.05, 3.63) is 69.8 Å². The molecule has 0 spiro atoms. The van der Waals surface area contributed by atoms with E-state index < -0.39 is 0 Å². The molecule has 0 aliphatic carbocycles. The van der Waals surface area contributed by atoms with E-state index >= 15 is 0 Å². The van der Waals surface area contributed by atoms with Crippen LogP contribution in [0.1, 0.15) is 17.0 Å². The number of benzene rings is 2. The highest BCUT2D eigenvalue weighted by Crippen LogP contribution is 2.27. The molecule has 1 aromatic heterocycles. The van der Waals surface area contributed by atoms with Gasteiger partial charge in [-0.1, -0.05) is 45.9 Å². The number of hydrogen-bond acceptors (Lipinski definition) is 5. The van der Waals surface area contributed by atoms with E-state index in [-0.39, 0.29) is 5.82 Å². The number of rotatable bonds is 6. The molecular formula is C17H14BrFN2O2S. The minimum atomic E-state index is -0.268. The van der Waals surface area contributed by atoms with E-state index in [1.807, 2.05) is 24.3 Å². The fourth-order valence-corrected chi connectivity index (χ4v) is 3.53. The maximum absolute atomic E-state index is 13.1. The summed E-state index contributed by atoms with van der Waals surface area (Å²) < 4.78 is 24.6. The highest BCUT2D eigenvalue weighted by Gasteiger charge is 2.09. The zero-order valence-electron chi connectivity index (χ0n) is 12.8. The van der Waals surface area contributed by atoms with Crippen molar-refractivity contribution in [2.75, 3.05) is 7.11 Å². The first-order valence-corrected chi connectivity index (χ1v) is 8.94. The summed E-state index contributed by atoms with van der Waals surface area (Å²) in [5, 5.41) is 8.60. The van der Waals surface area contributed by atoms with Gasteiger partial charge >= 0.3 is 0 Å². The number of aromatic nitrogens is 2. The topological polar surface area (TPSA) is 48.2 Å². The van der Waals surface area contributed by atoms with Crippen LogP contribution >= 0.6 is 27.7 Å². The summed E-state index contributed by atoms with van der Waals surface area (Å²) in [7, 11) is 1.63. The Balaban J connectivity index is 1.60. The van der Waals surface area contributed by atoms with E-state index in [0.29, 0.717) is 23.3 Å². The second-order valence-corrected chi connectivity index (χ2v) is 6.79. The van der Waals surface area contributed by atoms with E-state index in [1.54, 1.807) is 13.2 Å². The summed E-state index contributed by atoms with van der Waals surface area (Å²) >= 11 is 4.77. The summed E-state index contributed by atoms with van der Waals surface area (Å²) in [6, 6.07) is 12.3. The van der Waals surface area contributed by atoms with Crippen molar-refractivity contribution in [1.29, 1.82) is 0 Å². The third-order valence-electron chi connectivity index (χ3n) is 3.33. The lowest BCUT2D eigenvalue weighted by molar-refractivity contribution is 0.413. The van der Waals surface area contributed by atoms with Gasteiger partial charge in [0, 0.05) is 10.2 Å². The van der Waals surface area contributed by atoms with E-state index in [1.165, 1.54) is 23.9 Å². The predicted molar refractivity (Wildman–Crippen MR) is 93.8 cm³/mol. The average Bonchev–Trinajstić information content (AvgIpc) is 3.02. The Morgan fingerprint density at radius 3 is 2.67 bits per heavy atom. The SMILES string of the molecule is COc1ccc(Cc2nnc(SCc3ccc(F)cc3Br)o2)cc1. The Bertz CT molecular complexity index is 824. The molecule has 0 atom stereocenters. The van der Waals surface area contributed by atoms with Gasteiger partial charge in [-0.25, -0.2) is 4.39 Å². The average molecular weight is 409 g/mol. The molecule has 3 aromatic rings. The smallest absolute Gasteiger partial charge is 0.276 e. The lowest BCUT2D eigenvalue weighted by atomic mass is 10.1. The highest BCUT2D eigenvalue weighted by atomic mass is 79.9. The third kappa shape index (κ3) is 4.36. The van der Waals surface area contributed by atoms with Crippen LogP contribution in [-0.2, 0) is 12.2 Å². The molecule has 124 valence electrons. The molecule has 7 heteroatoms. The van der Waals surface area contributed by atoms with Gasteiger partial charge in [0.2, 0.25) is 5.89 Å². The lowest BCUT2D eigenvalue weighted by Gasteiger charge is -2.02. The Morgan fingerprint density at radius 1 is 1.17 bits per heavy atom. The molecule has 0 aliphatic heterocycles. The quantitative estimate of drug-likeness (QED) is 0.544. The largest absolute Gasteiger partial charge is 0.497 e. The normalized spacial score (nSPS) is 10.8. The van der Waals surface area contributed by atoms with Gasteiger partial charge in [-0.3, -0.25) is 0 Å². The zero-order chi connectivity index (χ0) is 16.9. The maximum atomic E-state index is 13.1. The Labute approximate surface area is 151 Å². The van der Waals surface area contributed by atoms with Crippen LogP contribution in [0.15, 0.2) is 56.6 Å². The molecule has 0 unspecified atom stereocenters. The van der Waals surface area contributed by atoms with Crippen LogP contribution in [-0.4, -0.2) is 17.3 Å². The van der Waals surface area contributed by atoms with Crippen LogP contribution in [0.2, 0.25) is 0 Å². The molecule has 4 nitrogen and oxygen atoms in total. The molecule has 0 aliphatic rings. The molecule has 0 saturated carbocycles. The van der Waals surface area contributed by atoms with E-state index in [0.717, 1.165) is 21.3 Å². The molecule has 0 fully saturated rings. The fraction of sp³-hybridized carbons (Fsp3) is 0.176. The van der Waals surface area contributed by atoms with Crippen molar-refractivity contribution in [2.24, 2.45) is 0 Å². The first-order valence-electron chi connectivity index (χ1n) is 7.16. The molecule has 0 saturated heterocycles. The summed E-state index contributed by atoms with van der Waals surface area (Å²) in [6.45, 7) is 0. The van der Waals surface area contributed by atoms with Gasteiger partial charge in [0.05, 0.1) is 13.5 Å². The zero-order valence-corrected chi connectivity index (χ0v) is 15.2. The monoisotopic (exact) mass is 408 g/mol. The molecule has 0 radical (unpaired) electrons. The van der Waals surface area contributed by atoms with E-state index in [2.05, 4.69) is 26.1 Å². The van der Waals surface area contributed by atoms with Crippen LogP contribution in [0.25, 0.3) is 0 Å². The number of halogens is 2. The van der Waals surface area contributed by atoms with Gasteiger partial charge in [-0.15, -0.1) is 10.2 Å². The molecule has 1 heterocycles. The summed E-state index contributed by atoms with van der Waals surface area (Å²) in [5.74, 6) is 1.71. The highest BCUT2D eigenvalue weighted by molar-refractivity contribution is 9.10. The fourth-order valence-electron chi connectivity index (χ4n) is 2.06. The number of ether oxygens (including phenoxy) is 1. The number of hydrogen-bond donors (Lipinski definition) is 0. The van der Waals surface area contributed by atoms with E-state index in [9.17, 15) is 4.39 Å². The molecule has 3 rings (SSSR count). The van der Waals surface area contributed by atoms with Gasteiger partial charge in [0.1, 0.15) is 11.6 Å². The molecular weight excluding hydrogens is 395 g/mol. The molecule has 24 heavy (non-hydrogen) atoms. The van der Waals surface area contributed by atoms with Crippen molar-refractivity contribution >= 4 is 27.7 Å². The van der Waals surface area contributed by atoms with Crippen molar-refractivity contribution in [2.45, 2.75) is 17.4 Å². The minimum Gasteiger partial charge on any atom is -0.497 e. The van der Waals surface area contributed by atoms with Crippen LogP contribution in [0, 0.1) is 5.82 Å². The Hall–Kier alpha value is -1.86. The number of methoxy groups -OCH3 is 1. The summed E-state index contributed by atoms with van der Waals surface area (Å²) in [6.07, 6.45) is 0.567. The number of nitrogens with zero attached hydrogens (tertiary/aromatic N) is 2. The standard InChI is InChI=1S/C17H14BrFN2O2S/c1-22-14-6-2-11(3-7-14)8-16-20-21-17(23-16)24-10-12-4-5-13(19)9-15(12)18/h2-7,9H,8,10H2,1H3. The molecule has 0 amide bonds. The van der Waals surface area contributed by atoms with Gasteiger partial charge in [-0.2, -0.15) is 0 Å². The van der Waals surface area contributed by atoms with Crippen LogP contribution < -0.4 is 4.74 Å². The maximum Gasteiger partial charge on any atom is 0.276 e. The van der Waals surface area contributed by atoms with Gasteiger partial charge in [0.25, 0.3) is 5.22 Å². The first kappa shape index (κ1) is 17.0. The van der Waals surface area contributed by atoms with Crippen molar-refractivity contribution in [3.63, 3.8) is 0 Å². The van der Waals surface area contributed by atoms with Crippen molar-refractivity contribution in [1.82, 2.24) is 10.2 Å². The second kappa shape index (κ2) is 7.81. The van der Waals surface area contributed by atoms with Gasteiger partial charge in [-0.05, 0) is 35.4 Å².